The number of halogens is 1. The van der Waals surface area contributed by atoms with Gasteiger partial charge in [0.15, 0.2) is 0 Å². The number of aliphatic hydroxyl groups excluding tert-OH is 1. The van der Waals surface area contributed by atoms with E-state index in [1.807, 2.05) is 0 Å². The summed E-state index contributed by atoms with van der Waals surface area (Å²) in [6.07, 6.45) is 2.32. The molecule has 1 aliphatic rings. The van der Waals surface area contributed by atoms with E-state index in [2.05, 4.69) is 18.8 Å². The van der Waals surface area contributed by atoms with Crippen LogP contribution in [0.4, 0.5) is 4.39 Å². The molecule has 2 heterocycles. The van der Waals surface area contributed by atoms with E-state index in [9.17, 15) is 19.1 Å². The van der Waals surface area contributed by atoms with Crippen molar-refractivity contribution in [1.29, 1.82) is 0 Å². The van der Waals surface area contributed by atoms with Crippen molar-refractivity contribution in [2.75, 3.05) is 26.2 Å². The molecule has 30 heavy (non-hydrogen) atoms. The van der Waals surface area contributed by atoms with Crippen LogP contribution >= 0.6 is 0 Å². The second kappa shape index (κ2) is 9.63. The molecule has 1 fully saturated rings. The Morgan fingerprint density at radius 1 is 1.13 bits per heavy atom. The Bertz CT molecular complexity index is 924. The average Bonchev–Trinajstić information content (AvgIpc) is 3.02. The predicted octanol–water partition coefficient (Wildman–Crippen LogP) is 1.96. The van der Waals surface area contributed by atoms with Gasteiger partial charge in [0, 0.05) is 24.7 Å². The van der Waals surface area contributed by atoms with Gasteiger partial charge in [-0.05, 0) is 50.2 Å². The van der Waals surface area contributed by atoms with Crippen molar-refractivity contribution in [1.82, 2.24) is 9.88 Å². The first-order chi connectivity index (χ1) is 14.5. The molecule has 1 aliphatic heterocycles. The zero-order chi connectivity index (χ0) is 21.7. The Morgan fingerprint density at radius 2 is 1.83 bits per heavy atom. The largest absolute Gasteiger partial charge is 0.507 e. The highest BCUT2D eigenvalue weighted by molar-refractivity contribution is 6.46. The minimum atomic E-state index is -0.775. The van der Waals surface area contributed by atoms with Gasteiger partial charge < -0.3 is 14.9 Å². The van der Waals surface area contributed by atoms with Crippen molar-refractivity contribution in [2.45, 2.75) is 26.3 Å². The normalized spacial score (nSPS) is 18.4. The SMILES string of the molecule is CC[NH+](CC)CCCN1C(=O)C(=O)C(=C(O)c2ccc(F)cc2)[C@@H]1c1ccccn1. The summed E-state index contributed by atoms with van der Waals surface area (Å²) in [7, 11) is 0. The lowest BCUT2D eigenvalue weighted by molar-refractivity contribution is -0.896. The number of ketones is 1. The van der Waals surface area contributed by atoms with Crippen LogP contribution in [0.1, 0.15) is 37.6 Å². The summed E-state index contributed by atoms with van der Waals surface area (Å²) >= 11 is 0. The highest BCUT2D eigenvalue weighted by Crippen LogP contribution is 2.38. The van der Waals surface area contributed by atoms with Gasteiger partial charge in [0.2, 0.25) is 0 Å². The first-order valence-electron chi connectivity index (χ1n) is 10.3. The van der Waals surface area contributed by atoms with E-state index in [0.717, 1.165) is 26.1 Å². The number of hydrogen-bond acceptors (Lipinski definition) is 4. The van der Waals surface area contributed by atoms with Crippen LogP contribution in [-0.2, 0) is 9.59 Å². The topological polar surface area (TPSA) is 74.9 Å². The van der Waals surface area contributed by atoms with Crippen LogP contribution in [0.5, 0.6) is 0 Å². The average molecular weight is 412 g/mol. The minimum Gasteiger partial charge on any atom is -0.507 e. The lowest BCUT2D eigenvalue weighted by Crippen LogP contribution is -3.11. The summed E-state index contributed by atoms with van der Waals surface area (Å²) in [5.41, 5.74) is 0.777. The van der Waals surface area contributed by atoms with Crippen LogP contribution in [-0.4, -0.2) is 52.9 Å². The fourth-order valence-electron chi connectivity index (χ4n) is 3.82. The summed E-state index contributed by atoms with van der Waals surface area (Å²) in [5.74, 6) is -2.17. The standard InChI is InChI=1S/C23H26FN3O3/c1-3-26(4-2)14-7-15-27-20(18-8-5-6-13-25-18)19(22(29)23(27)30)21(28)16-9-11-17(24)12-10-16/h5-6,8-13,20,28H,3-4,7,14-15H2,1-2H3/p+1/t20-/m0/s1. The van der Waals surface area contributed by atoms with Crippen molar-refractivity contribution in [3.63, 3.8) is 0 Å². The second-order valence-electron chi connectivity index (χ2n) is 7.31. The highest BCUT2D eigenvalue weighted by Gasteiger charge is 2.46. The first-order valence-corrected chi connectivity index (χ1v) is 10.3. The minimum absolute atomic E-state index is 0.0134. The van der Waals surface area contributed by atoms with Crippen LogP contribution in [0, 0.1) is 5.82 Å². The van der Waals surface area contributed by atoms with Gasteiger partial charge in [0.05, 0.1) is 30.9 Å². The molecule has 0 radical (unpaired) electrons. The Hall–Kier alpha value is -3.06. The number of pyridine rings is 1. The van der Waals surface area contributed by atoms with E-state index >= 15 is 0 Å². The number of nitrogens with one attached hydrogen (secondary N) is 1. The fourth-order valence-corrected chi connectivity index (χ4v) is 3.82. The number of Topliss-reactive ketones (excluding diaryl/α,β-unsaturated/α-hetero) is 1. The molecule has 0 bridgehead atoms. The molecule has 1 amide bonds. The van der Waals surface area contributed by atoms with E-state index < -0.39 is 23.5 Å². The van der Waals surface area contributed by atoms with E-state index in [1.54, 1.807) is 24.4 Å². The molecule has 1 aromatic heterocycles. The number of amides is 1. The lowest BCUT2D eigenvalue weighted by Gasteiger charge is -2.25. The molecule has 2 N–H and O–H groups in total. The smallest absolute Gasteiger partial charge is 0.295 e. The van der Waals surface area contributed by atoms with Gasteiger partial charge in [-0.3, -0.25) is 14.6 Å². The molecule has 158 valence electrons. The first kappa shape index (κ1) is 21.6. The van der Waals surface area contributed by atoms with Crippen LogP contribution < -0.4 is 4.90 Å². The quantitative estimate of drug-likeness (QED) is 0.395. The third-order valence-corrected chi connectivity index (χ3v) is 5.55. The summed E-state index contributed by atoms with van der Waals surface area (Å²) in [6.45, 7) is 7.47. The van der Waals surface area contributed by atoms with E-state index in [1.165, 1.54) is 34.1 Å². The van der Waals surface area contributed by atoms with Gasteiger partial charge >= 0.3 is 0 Å². The van der Waals surface area contributed by atoms with Crippen molar-refractivity contribution in [2.24, 2.45) is 0 Å². The van der Waals surface area contributed by atoms with Crippen molar-refractivity contribution >= 4 is 17.4 Å². The number of likely N-dealkylation sites (tertiary alicyclic amines) is 1. The molecule has 2 aromatic rings. The van der Waals surface area contributed by atoms with Gasteiger partial charge in [-0.25, -0.2) is 4.39 Å². The molecule has 0 spiro atoms. The molecule has 1 aromatic carbocycles. The van der Waals surface area contributed by atoms with Gasteiger partial charge in [-0.15, -0.1) is 0 Å². The van der Waals surface area contributed by atoms with E-state index in [4.69, 9.17) is 0 Å². The molecule has 6 nitrogen and oxygen atoms in total. The van der Waals surface area contributed by atoms with Gasteiger partial charge in [0.25, 0.3) is 11.7 Å². The van der Waals surface area contributed by atoms with Crippen LogP contribution in [0.2, 0.25) is 0 Å². The Labute approximate surface area is 175 Å². The molecule has 7 heteroatoms. The molecule has 1 saturated heterocycles. The maximum atomic E-state index is 13.3. The van der Waals surface area contributed by atoms with Gasteiger partial charge in [-0.2, -0.15) is 0 Å². The number of carbonyl (C=O) groups is 2. The summed E-state index contributed by atoms with van der Waals surface area (Å²) in [4.78, 5) is 33.0. The van der Waals surface area contributed by atoms with Gasteiger partial charge in [-0.1, -0.05) is 6.07 Å². The van der Waals surface area contributed by atoms with E-state index in [0.29, 0.717) is 12.2 Å². The van der Waals surface area contributed by atoms with Crippen molar-refractivity contribution in [3.05, 3.63) is 71.3 Å². The Kier molecular flexibility index (Phi) is 6.95. The maximum absolute atomic E-state index is 13.3. The molecule has 3 rings (SSSR count). The number of aliphatic hydroxyl groups is 1. The second-order valence-corrected chi connectivity index (χ2v) is 7.31. The molecular weight excluding hydrogens is 385 g/mol. The number of carbonyl (C=O) groups excluding carboxylic acids is 2. The van der Waals surface area contributed by atoms with Crippen LogP contribution in [0.15, 0.2) is 54.2 Å². The zero-order valence-corrected chi connectivity index (χ0v) is 17.3. The number of benzene rings is 1. The van der Waals surface area contributed by atoms with Crippen LogP contribution in [0.3, 0.4) is 0 Å². The number of hydrogen-bond donors (Lipinski definition) is 2. The fraction of sp³-hybridized carbons (Fsp3) is 0.348. The maximum Gasteiger partial charge on any atom is 0.295 e. The predicted molar refractivity (Wildman–Crippen MR) is 111 cm³/mol. The molecule has 0 aliphatic carbocycles. The lowest BCUT2D eigenvalue weighted by atomic mass is 9.98. The summed E-state index contributed by atoms with van der Waals surface area (Å²) < 4.78 is 13.3. The Morgan fingerprint density at radius 3 is 2.43 bits per heavy atom. The molecule has 0 saturated carbocycles. The van der Waals surface area contributed by atoms with Crippen molar-refractivity contribution in [3.8, 4) is 0 Å². The van der Waals surface area contributed by atoms with Crippen LogP contribution in [0.25, 0.3) is 5.76 Å². The van der Waals surface area contributed by atoms with E-state index in [-0.39, 0.29) is 16.9 Å². The Balaban J connectivity index is 1.99. The third-order valence-electron chi connectivity index (χ3n) is 5.55. The number of aromatic nitrogens is 1. The molecular formula is C23H27FN3O3+. The summed E-state index contributed by atoms with van der Waals surface area (Å²) in [6, 6.07) is 9.66. The van der Waals surface area contributed by atoms with Crippen molar-refractivity contribution < 1.29 is 24.0 Å². The highest BCUT2D eigenvalue weighted by atomic mass is 19.1. The third kappa shape index (κ3) is 4.41. The number of rotatable bonds is 8. The monoisotopic (exact) mass is 412 g/mol. The molecule has 1 atom stereocenters. The number of nitrogens with zero attached hydrogens (tertiary/aromatic N) is 2. The van der Waals surface area contributed by atoms with Gasteiger partial charge in [0.1, 0.15) is 17.6 Å². The molecule has 0 unspecified atom stereocenters. The number of quaternary nitrogens is 1. The zero-order valence-electron chi connectivity index (χ0n) is 17.3. The summed E-state index contributed by atoms with van der Waals surface area (Å²) in [5, 5.41) is 10.9.